The van der Waals surface area contributed by atoms with Crippen LogP contribution >= 0.6 is 11.3 Å². The van der Waals surface area contributed by atoms with Gasteiger partial charge in [0.1, 0.15) is 0 Å². The molecule has 0 radical (unpaired) electrons. The highest BCUT2D eigenvalue weighted by Gasteiger charge is 2.19. The second kappa shape index (κ2) is 11.7. The fraction of sp³-hybridized carbons (Fsp3) is 0. The topological polar surface area (TPSA) is 3.24 Å². The lowest BCUT2D eigenvalue weighted by atomic mass is 9.95. The van der Waals surface area contributed by atoms with Gasteiger partial charge in [0.2, 0.25) is 0 Å². The highest BCUT2D eigenvalue weighted by atomic mass is 32.1. The Labute approximate surface area is 294 Å². The molecule has 0 unspecified atom stereocenters. The molecule has 234 valence electrons. The third kappa shape index (κ3) is 4.76. The number of benzene rings is 9. The van der Waals surface area contributed by atoms with Crippen molar-refractivity contribution in [3.63, 3.8) is 0 Å². The van der Waals surface area contributed by atoms with Gasteiger partial charge >= 0.3 is 0 Å². The predicted octanol–water partition coefficient (Wildman–Crippen LogP) is 14.3. The summed E-state index contributed by atoms with van der Waals surface area (Å²) in [6.07, 6.45) is 0. The minimum atomic E-state index is 1.12. The number of nitrogens with zero attached hydrogens (tertiary/aromatic N) is 1. The minimum Gasteiger partial charge on any atom is -0.310 e. The first kappa shape index (κ1) is 28.8. The molecule has 0 spiro atoms. The van der Waals surface area contributed by atoms with Crippen LogP contribution in [-0.4, -0.2) is 0 Å². The first-order valence-corrected chi connectivity index (χ1v) is 17.9. The zero-order valence-corrected chi connectivity index (χ0v) is 28.1. The van der Waals surface area contributed by atoms with E-state index in [1.165, 1.54) is 80.4 Å². The van der Waals surface area contributed by atoms with Crippen LogP contribution in [0.15, 0.2) is 188 Å². The van der Waals surface area contributed by atoms with Crippen LogP contribution in [0.5, 0.6) is 0 Å². The van der Waals surface area contributed by atoms with Gasteiger partial charge in [0.05, 0.1) is 5.69 Å². The lowest BCUT2D eigenvalue weighted by molar-refractivity contribution is 1.31. The van der Waals surface area contributed by atoms with E-state index in [0.29, 0.717) is 0 Å². The Bertz CT molecular complexity index is 2870. The molecule has 0 saturated heterocycles. The molecule has 0 fully saturated rings. The molecular formula is C48H31NS. The standard InChI is InChI=1S/C48H31NS/c1-3-16-39-33(11-1)13-10-21-40(39)35-15-9-14-34(29-35)32-23-25-37(26-24-32)49(38-27-28-48-45(31-38)44-20-7-8-22-47(44)50-48)46-30-36-12-2-4-17-41(36)42-18-5-6-19-43(42)46/h1-31H. The van der Waals surface area contributed by atoms with Crippen molar-refractivity contribution in [2.45, 2.75) is 0 Å². The predicted molar refractivity (Wildman–Crippen MR) is 217 cm³/mol. The molecule has 0 aliphatic carbocycles. The van der Waals surface area contributed by atoms with Crippen LogP contribution in [0.25, 0.3) is 74.7 Å². The van der Waals surface area contributed by atoms with E-state index in [1.807, 2.05) is 11.3 Å². The van der Waals surface area contributed by atoms with E-state index in [2.05, 4.69) is 193 Å². The fourth-order valence-corrected chi connectivity index (χ4v) is 8.73. The molecule has 1 heterocycles. The molecular weight excluding hydrogens is 623 g/mol. The van der Waals surface area contributed by atoms with Crippen LogP contribution in [0.3, 0.4) is 0 Å². The van der Waals surface area contributed by atoms with Crippen LogP contribution in [0.4, 0.5) is 17.1 Å². The first-order valence-electron chi connectivity index (χ1n) is 17.1. The van der Waals surface area contributed by atoms with Crippen molar-refractivity contribution in [1.82, 2.24) is 0 Å². The van der Waals surface area contributed by atoms with E-state index >= 15 is 0 Å². The summed E-state index contributed by atoms with van der Waals surface area (Å²) in [7, 11) is 0. The summed E-state index contributed by atoms with van der Waals surface area (Å²) >= 11 is 1.86. The molecule has 0 saturated carbocycles. The van der Waals surface area contributed by atoms with E-state index in [0.717, 1.165) is 11.4 Å². The molecule has 0 aliphatic rings. The van der Waals surface area contributed by atoms with Crippen molar-refractivity contribution in [3.05, 3.63) is 188 Å². The fourth-order valence-electron chi connectivity index (χ4n) is 7.65. The summed E-state index contributed by atoms with van der Waals surface area (Å²) in [4.78, 5) is 2.44. The molecule has 0 atom stereocenters. The first-order chi connectivity index (χ1) is 24.8. The van der Waals surface area contributed by atoms with Gasteiger partial charge in [-0.15, -0.1) is 11.3 Å². The molecule has 50 heavy (non-hydrogen) atoms. The maximum absolute atomic E-state index is 2.44. The van der Waals surface area contributed by atoms with Gasteiger partial charge in [0, 0.05) is 36.9 Å². The molecule has 0 aliphatic heterocycles. The molecule has 1 nitrogen and oxygen atoms in total. The summed E-state index contributed by atoms with van der Waals surface area (Å²) in [5.41, 5.74) is 8.32. The average molecular weight is 654 g/mol. The smallest absolute Gasteiger partial charge is 0.0546 e. The third-order valence-corrected chi connectivity index (χ3v) is 11.2. The van der Waals surface area contributed by atoms with E-state index in [1.54, 1.807) is 0 Å². The van der Waals surface area contributed by atoms with E-state index in [4.69, 9.17) is 0 Å². The lowest BCUT2D eigenvalue weighted by Gasteiger charge is -2.28. The third-order valence-electron chi connectivity index (χ3n) is 10.0. The Balaban J connectivity index is 1.14. The average Bonchev–Trinajstić information content (AvgIpc) is 3.56. The van der Waals surface area contributed by atoms with Crippen LogP contribution in [-0.2, 0) is 0 Å². The summed E-state index contributed by atoms with van der Waals surface area (Å²) in [5, 5.41) is 10.1. The van der Waals surface area contributed by atoms with Crippen LogP contribution in [0, 0.1) is 0 Å². The summed E-state index contributed by atoms with van der Waals surface area (Å²) in [6, 6.07) is 68.8. The summed E-state index contributed by atoms with van der Waals surface area (Å²) in [5.74, 6) is 0. The van der Waals surface area contributed by atoms with Gasteiger partial charge in [0.15, 0.2) is 0 Å². The minimum absolute atomic E-state index is 1.12. The van der Waals surface area contributed by atoms with Crippen molar-refractivity contribution >= 4 is 80.9 Å². The second-order valence-corrected chi connectivity index (χ2v) is 14.0. The Morgan fingerprint density at radius 3 is 1.80 bits per heavy atom. The molecule has 10 aromatic rings. The van der Waals surface area contributed by atoms with Gasteiger partial charge in [-0.25, -0.2) is 0 Å². The number of anilines is 3. The van der Waals surface area contributed by atoms with Crippen molar-refractivity contribution in [2.24, 2.45) is 0 Å². The Kier molecular flexibility index (Phi) is 6.75. The number of fused-ring (bicyclic) bond motifs is 7. The number of hydrogen-bond donors (Lipinski definition) is 0. The zero-order chi connectivity index (χ0) is 33.0. The van der Waals surface area contributed by atoms with Crippen LogP contribution in [0.1, 0.15) is 0 Å². The van der Waals surface area contributed by atoms with Gasteiger partial charge in [-0.2, -0.15) is 0 Å². The van der Waals surface area contributed by atoms with E-state index < -0.39 is 0 Å². The molecule has 10 rings (SSSR count). The highest BCUT2D eigenvalue weighted by molar-refractivity contribution is 7.25. The van der Waals surface area contributed by atoms with Gasteiger partial charge in [-0.05, 0) is 97.7 Å². The quantitative estimate of drug-likeness (QED) is 0.167. The van der Waals surface area contributed by atoms with Crippen molar-refractivity contribution < 1.29 is 0 Å². The molecule has 2 heteroatoms. The Morgan fingerprint density at radius 2 is 0.940 bits per heavy atom. The largest absolute Gasteiger partial charge is 0.310 e. The molecule has 0 N–H and O–H groups in total. The summed E-state index contributed by atoms with van der Waals surface area (Å²) in [6.45, 7) is 0. The maximum Gasteiger partial charge on any atom is 0.0546 e. The van der Waals surface area contributed by atoms with Gasteiger partial charge in [-0.1, -0.05) is 140 Å². The monoisotopic (exact) mass is 653 g/mol. The Hall–Kier alpha value is -6.22. The maximum atomic E-state index is 2.44. The molecule has 0 bridgehead atoms. The highest BCUT2D eigenvalue weighted by Crippen LogP contribution is 2.45. The zero-order valence-electron chi connectivity index (χ0n) is 27.3. The Morgan fingerprint density at radius 1 is 0.320 bits per heavy atom. The van der Waals surface area contributed by atoms with Crippen molar-refractivity contribution in [2.75, 3.05) is 4.90 Å². The number of rotatable bonds is 5. The number of thiophene rings is 1. The van der Waals surface area contributed by atoms with Crippen LogP contribution in [0.2, 0.25) is 0 Å². The SMILES string of the molecule is c1cc(-c2ccc(N(c3ccc4sc5ccccc5c4c3)c3cc4ccccc4c4ccccc34)cc2)cc(-c2cccc3ccccc23)c1. The van der Waals surface area contributed by atoms with Crippen molar-refractivity contribution in [1.29, 1.82) is 0 Å². The van der Waals surface area contributed by atoms with Crippen molar-refractivity contribution in [3.8, 4) is 22.3 Å². The lowest BCUT2D eigenvalue weighted by Crippen LogP contribution is -2.10. The van der Waals surface area contributed by atoms with Gasteiger partial charge in [0.25, 0.3) is 0 Å². The van der Waals surface area contributed by atoms with Gasteiger partial charge < -0.3 is 4.90 Å². The molecule has 9 aromatic carbocycles. The second-order valence-electron chi connectivity index (χ2n) is 12.9. The molecule has 0 amide bonds. The molecule has 1 aromatic heterocycles. The number of hydrogen-bond acceptors (Lipinski definition) is 2. The van der Waals surface area contributed by atoms with Crippen LogP contribution < -0.4 is 4.90 Å². The van der Waals surface area contributed by atoms with Gasteiger partial charge in [-0.3, -0.25) is 0 Å². The summed E-state index contributed by atoms with van der Waals surface area (Å²) < 4.78 is 2.62. The van der Waals surface area contributed by atoms with E-state index in [-0.39, 0.29) is 0 Å². The van der Waals surface area contributed by atoms with E-state index in [9.17, 15) is 0 Å². The normalized spacial score (nSPS) is 11.6.